The molecule has 3 N–H and O–H groups in total. The van der Waals surface area contributed by atoms with Crippen molar-refractivity contribution < 1.29 is 37.1 Å². The van der Waals surface area contributed by atoms with Crippen molar-refractivity contribution in [2.75, 3.05) is 74.8 Å². The molecule has 1 aliphatic carbocycles. The zero-order valence-corrected chi connectivity index (χ0v) is 42.4. The second-order valence-corrected chi connectivity index (χ2v) is 23.3. The molecule has 0 radical (unpaired) electrons. The highest BCUT2D eigenvalue weighted by Gasteiger charge is 2.52. The molecule has 1 saturated carbocycles. The molecule has 2 aromatic heterocycles. The number of pyridine rings is 1. The van der Waals surface area contributed by atoms with Crippen LogP contribution < -0.4 is 24.6 Å². The topological polar surface area (TPSA) is 194 Å². The summed E-state index contributed by atoms with van der Waals surface area (Å²) in [5.74, 6) is 0.196. The fourth-order valence-corrected chi connectivity index (χ4v) is 13.5. The van der Waals surface area contributed by atoms with Gasteiger partial charge >= 0.3 is 0 Å². The van der Waals surface area contributed by atoms with Gasteiger partial charge in [0, 0.05) is 81.9 Å². The summed E-state index contributed by atoms with van der Waals surface area (Å²) in [6.45, 7) is 11.7. The molecule has 4 saturated heterocycles. The van der Waals surface area contributed by atoms with Gasteiger partial charge in [-0.05, 0) is 129 Å². The van der Waals surface area contributed by atoms with E-state index in [-0.39, 0.29) is 34.2 Å². The summed E-state index contributed by atoms with van der Waals surface area (Å²) in [6.07, 6.45) is 9.42. The number of nitro benzene ring substituents is 1. The van der Waals surface area contributed by atoms with Crippen molar-refractivity contribution in [2.45, 2.75) is 113 Å². The second kappa shape index (κ2) is 19.2. The lowest BCUT2D eigenvalue weighted by Crippen LogP contribution is -2.60. The minimum atomic E-state index is -4.60. The number of ether oxygens (including phenoxy) is 4. The van der Waals surface area contributed by atoms with Crippen molar-refractivity contribution in [3.05, 3.63) is 106 Å². The second-order valence-electron chi connectivity index (χ2n) is 21.6. The Hall–Kier alpha value is -5.79. The molecule has 7 heterocycles. The molecule has 3 aromatic carbocycles. The van der Waals surface area contributed by atoms with Gasteiger partial charge in [-0.15, -0.1) is 0 Å². The van der Waals surface area contributed by atoms with E-state index in [1.54, 1.807) is 6.07 Å². The molecule has 5 aromatic rings. The van der Waals surface area contributed by atoms with Gasteiger partial charge in [0.15, 0.2) is 0 Å². The highest BCUT2D eigenvalue weighted by atomic mass is 32.2. The third kappa shape index (κ3) is 9.18. The van der Waals surface area contributed by atoms with E-state index in [2.05, 4.69) is 69.9 Å². The van der Waals surface area contributed by atoms with E-state index < -0.39 is 37.5 Å². The number of hydrogen-bond donors (Lipinski definition) is 3. The fraction of sp³-hybridized carbons (Fsp3) is 0.519. The Balaban J connectivity index is 0.869. The Kier molecular flexibility index (Phi) is 13.0. The quantitative estimate of drug-likeness (QED) is 0.0748. The molecule has 5 aliphatic heterocycles. The summed E-state index contributed by atoms with van der Waals surface area (Å²) >= 11 is 0. The Bertz CT molecular complexity index is 2960. The van der Waals surface area contributed by atoms with Crippen LogP contribution in [0.25, 0.3) is 11.0 Å². The number of likely N-dealkylation sites (tertiary alicyclic amines) is 1. The summed E-state index contributed by atoms with van der Waals surface area (Å²) in [5.41, 5.74) is 5.47. The summed E-state index contributed by atoms with van der Waals surface area (Å²) < 4.78 is 54.6. The van der Waals surface area contributed by atoms with Gasteiger partial charge in [0.2, 0.25) is 5.88 Å². The van der Waals surface area contributed by atoms with E-state index in [1.807, 2.05) is 42.5 Å². The normalized spacial score (nSPS) is 24.7. The number of hydrogen-bond acceptors (Lipinski definition) is 14. The van der Waals surface area contributed by atoms with Crippen molar-refractivity contribution in [1.29, 1.82) is 0 Å². The maximum Gasteiger partial charge on any atom is 0.293 e. The third-order valence-corrected chi connectivity index (χ3v) is 18.1. The number of nitrogens with one attached hydrogen (secondary N) is 3. The lowest BCUT2D eigenvalue weighted by Gasteiger charge is -2.59. The SMILES string of the molecule is CO[C@]1(C)CC[C@@H](c2ccccc2C(C)C)N(C2CC3(CCN(c4ccc(C(=O)NS(=O)(=O)c5ccc(NCC6CCOCC6)c([N+](=O)[O-])c5)c(N5c6cc7cc[nH]c7nc6O[C@@H]6COC[C@H]65)c4)CC3)C2)C1. The van der Waals surface area contributed by atoms with Crippen LogP contribution in [0.15, 0.2) is 83.9 Å². The smallest absolute Gasteiger partial charge is 0.293 e. The number of benzene rings is 3. The number of amides is 1. The molecule has 0 bridgehead atoms. The van der Waals surface area contributed by atoms with Crippen molar-refractivity contribution in [3.8, 4) is 5.88 Å². The van der Waals surface area contributed by atoms with Crippen LogP contribution in [0, 0.1) is 21.4 Å². The number of H-pyrrole nitrogens is 1. The lowest BCUT2D eigenvalue weighted by molar-refractivity contribution is -0.384. The average Bonchev–Trinajstić information content (AvgIpc) is 4.05. The highest BCUT2D eigenvalue weighted by Crippen LogP contribution is 2.55. The van der Waals surface area contributed by atoms with Gasteiger partial charge in [-0.3, -0.25) is 19.8 Å². The maximum atomic E-state index is 14.7. The summed E-state index contributed by atoms with van der Waals surface area (Å²) in [6, 6.07) is 22.5. The van der Waals surface area contributed by atoms with Crippen LogP contribution in [0.1, 0.15) is 106 Å². The molecule has 72 heavy (non-hydrogen) atoms. The molecule has 6 aliphatic rings. The molecule has 1 spiro atoms. The third-order valence-electron chi connectivity index (χ3n) is 16.8. The minimum absolute atomic E-state index is 0.104. The van der Waals surface area contributed by atoms with Crippen molar-refractivity contribution in [1.82, 2.24) is 19.6 Å². The fourth-order valence-electron chi connectivity index (χ4n) is 12.5. The molecular formula is C54H66N8O9S. The predicted molar refractivity (Wildman–Crippen MR) is 275 cm³/mol. The number of carbonyl (C=O) groups excluding carboxylic acids is 1. The van der Waals surface area contributed by atoms with E-state index in [0.29, 0.717) is 73.9 Å². The van der Waals surface area contributed by atoms with Crippen LogP contribution in [0.3, 0.4) is 0 Å². The number of carbonyl (C=O) groups is 1. The molecule has 17 nitrogen and oxygen atoms in total. The van der Waals surface area contributed by atoms with Gasteiger partial charge in [0.25, 0.3) is 21.6 Å². The van der Waals surface area contributed by atoms with Crippen LogP contribution in [0.5, 0.6) is 5.88 Å². The van der Waals surface area contributed by atoms with E-state index in [0.717, 1.165) is 88.1 Å². The monoisotopic (exact) mass is 1000 g/mol. The minimum Gasteiger partial charge on any atom is -0.468 e. The summed E-state index contributed by atoms with van der Waals surface area (Å²) in [7, 11) is -2.75. The molecule has 5 fully saturated rings. The van der Waals surface area contributed by atoms with Gasteiger partial charge < -0.3 is 39.0 Å². The number of methoxy groups -OCH3 is 1. The summed E-state index contributed by atoms with van der Waals surface area (Å²) in [5, 5.41) is 16.3. The predicted octanol–water partition coefficient (Wildman–Crippen LogP) is 8.84. The van der Waals surface area contributed by atoms with Crippen LogP contribution in [0.4, 0.5) is 28.4 Å². The van der Waals surface area contributed by atoms with E-state index in [9.17, 15) is 23.3 Å². The highest BCUT2D eigenvalue weighted by molar-refractivity contribution is 7.90. The molecule has 382 valence electrons. The van der Waals surface area contributed by atoms with E-state index in [1.165, 1.54) is 23.3 Å². The Morgan fingerprint density at radius 3 is 2.53 bits per heavy atom. The average molecular weight is 1000 g/mol. The molecule has 11 rings (SSSR count). The first-order valence-electron chi connectivity index (χ1n) is 25.7. The lowest BCUT2D eigenvalue weighted by atomic mass is 9.59. The first-order valence-corrected chi connectivity index (χ1v) is 27.2. The van der Waals surface area contributed by atoms with Gasteiger partial charge in [0.1, 0.15) is 23.1 Å². The maximum absolute atomic E-state index is 14.7. The van der Waals surface area contributed by atoms with E-state index >= 15 is 0 Å². The number of aromatic nitrogens is 2. The molecular weight excluding hydrogens is 937 g/mol. The van der Waals surface area contributed by atoms with E-state index in [4.69, 9.17) is 23.9 Å². The standard InChI is InChI=1S/C54H66N8O9S/c1-34(2)40-7-5-6-8-41(40)44-13-17-53(3,68-4)33-60(44)38-28-54(29-38)18-21-59(22-19-54)37-9-11-42(45(26-37)61-47-25-36-14-20-55-50(36)57-52(47)71-49-32-70-31-48(49)61)51(63)58-72(66,67)39-10-12-43(46(27-39)62(64)65)56-30-35-15-23-69-24-16-35/h5-12,14,20,25-27,34-35,38,44,48-49,56H,13,15-19,21-24,28-33H2,1-4H3,(H,55,57)(H,58,63)/t44-,48+,49+,53+/m0/s1. The van der Waals surface area contributed by atoms with Gasteiger partial charge in [-0.1, -0.05) is 38.1 Å². The van der Waals surface area contributed by atoms with Crippen LogP contribution in [-0.2, 0) is 24.2 Å². The number of sulfonamides is 1. The number of piperidine rings is 2. The molecule has 18 heteroatoms. The Morgan fingerprint density at radius 2 is 1.76 bits per heavy atom. The Morgan fingerprint density at radius 1 is 0.972 bits per heavy atom. The van der Waals surface area contributed by atoms with Gasteiger partial charge in [0.05, 0.1) is 45.9 Å². The molecule has 4 atom stereocenters. The number of fused-ring (bicyclic) bond motifs is 3. The number of nitrogens with zero attached hydrogens (tertiary/aromatic N) is 5. The number of nitro groups is 1. The molecule has 1 amide bonds. The Labute approximate surface area is 421 Å². The number of rotatable bonds is 13. The number of anilines is 4. The summed E-state index contributed by atoms with van der Waals surface area (Å²) in [4.78, 5) is 41.1. The zero-order valence-electron chi connectivity index (χ0n) is 41.6. The van der Waals surface area contributed by atoms with Gasteiger partial charge in [-0.2, -0.15) is 4.98 Å². The van der Waals surface area contributed by atoms with Crippen molar-refractivity contribution >= 4 is 55.4 Å². The first kappa shape index (κ1) is 48.5. The van der Waals surface area contributed by atoms with Gasteiger partial charge in [-0.25, -0.2) is 13.1 Å². The van der Waals surface area contributed by atoms with Crippen LogP contribution in [0.2, 0.25) is 0 Å². The number of aromatic amines is 1. The van der Waals surface area contributed by atoms with Crippen molar-refractivity contribution in [3.63, 3.8) is 0 Å². The molecule has 0 unspecified atom stereocenters. The van der Waals surface area contributed by atoms with Crippen molar-refractivity contribution in [2.24, 2.45) is 11.3 Å². The first-order chi connectivity index (χ1) is 34.7. The zero-order chi connectivity index (χ0) is 49.9. The van der Waals surface area contributed by atoms with Crippen LogP contribution >= 0.6 is 0 Å². The van der Waals surface area contributed by atoms with Crippen LogP contribution in [-0.4, -0.2) is 118 Å². The largest absolute Gasteiger partial charge is 0.468 e.